The molecule has 5 heteroatoms. The number of carboxylic acid groups (broad SMARTS) is 1. The van der Waals surface area contributed by atoms with E-state index in [2.05, 4.69) is 17.4 Å². The molecule has 1 aliphatic carbocycles. The Hall–Kier alpha value is -2.56. The van der Waals surface area contributed by atoms with Crippen molar-refractivity contribution in [3.63, 3.8) is 0 Å². The minimum atomic E-state index is -1.12. The molecule has 1 aromatic heterocycles. The summed E-state index contributed by atoms with van der Waals surface area (Å²) in [6.07, 6.45) is 5.73. The highest BCUT2D eigenvalue weighted by atomic mass is 16.4. The van der Waals surface area contributed by atoms with Crippen LogP contribution < -0.4 is 5.32 Å². The summed E-state index contributed by atoms with van der Waals surface area (Å²) in [5.74, 6) is -1.52. The van der Waals surface area contributed by atoms with Crippen molar-refractivity contribution in [2.24, 2.45) is 0 Å². The van der Waals surface area contributed by atoms with Crippen molar-refractivity contribution in [2.45, 2.75) is 38.6 Å². The Kier molecular flexibility index (Phi) is 4.19. The van der Waals surface area contributed by atoms with Crippen molar-refractivity contribution in [2.75, 3.05) is 0 Å². The van der Waals surface area contributed by atoms with Gasteiger partial charge in [0, 0.05) is 6.07 Å². The zero-order chi connectivity index (χ0) is 16.4. The van der Waals surface area contributed by atoms with Crippen LogP contribution in [0.1, 0.15) is 63.4 Å². The average molecular weight is 313 g/mol. The lowest BCUT2D eigenvalue weighted by molar-refractivity contribution is 0.0695. The Morgan fingerprint density at radius 2 is 1.91 bits per heavy atom. The molecule has 120 valence electrons. The van der Waals surface area contributed by atoms with Gasteiger partial charge in [0.1, 0.15) is 6.26 Å². The first-order valence-electron chi connectivity index (χ1n) is 7.79. The second-order valence-electron chi connectivity index (χ2n) is 5.94. The van der Waals surface area contributed by atoms with Gasteiger partial charge in [-0.25, -0.2) is 4.79 Å². The Balaban J connectivity index is 1.71. The van der Waals surface area contributed by atoms with Gasteiger partial charge in [-0.1, -0.05) is 18.2 Å². The molecule has 0 saturated carbocycles. The van der Waals surface area contributed by atoms with Crippen LogP contribution in [0, 0.1) is 0 Å². The van der Waals surface area contributed by atoms with Gasteiger partial charge in [-0.3, -0.25) is 4.79 Å². The predicted molar refractivity (Wildman–Crippen MR) is 84.6 cm³/mol. The minimum absolute atomic E-state index is 0.00668. The van der Waals surface area contributed by atoms with Gasteiger partial charge in [-0.05, 0) is 49.3 Å². The number of aryl methyl sites for hydroxylation is 2. The number of fused-ring (bicyclic) bond motifs is 1. The van der Waals surface area contributed by atoms with Crippen LogP contribution in [0.2, 0.25) is 0 Å². The SMILES string of the molecule is CC(NC(=O)c1cc(C(=O)O)co1)c1ccc2c(c1)CCCC2. The summed E-state index contributed by atoms with van der Waals surface area (Å²) in [6, 6.07) is 7.40. The molecule has 1 unspecified atom stereocenters. The van der Waals surface area contributed by atoms with E-state index in [1.807, 2.05) is 13.0 Å². The quantitative estimate of drug-likeness (QED) is 0.907. The highest BCUT2D eigenvalue weighted by Crippen LogP contribution is 2.25. The minimum Gasteiger partial charge on any atom is -0.478 e. The molecule has 0 saturated heterocycles. The van der Waals surface area contributed by atoms with Crippen LogP contribution in [0.3, 0.4) is 0 Å². The second-order valence-corrected chi connectivity index (χ2v) is 5.94. The van der Waals surface area contributed by atoms with Crippen molar-refractivity contribution >= 4 is 11.9 Å². The molecule has 1 aliphatic rings. The van der Waals surface area contributed by atoms with Crippen LogP contribution in [0.4, 0.5) is 0 Å². The van der Waals surface area contributed by atoms with E-state index in [1.165, 1.54) is 30.0 Å². The first kappa shape index (κ1) is 15.3. The Morgan fingerprint density at radius 3 is 2.61 bits per heavy atom. The number of nitrogens with one attached hydrogen (secondary N) is 1. The van der Waals surface area contributed by atoms with Crippen LogP contribution in [0.25, 0.3) is 0 Å². The molecule has 0 aliphatic heterocycles. The van der Waals surface area contributed by atoms with Crippen molar-refractivity contribution < 1.29 is 19.1 Å². The van der Waals surface area contributed by atoms with Crippen molar-refractivity contribution in [3.8, 4) is 0 Å². The molecule has 0 radical (unpaired) electrons. The van der Waals surface area contributed by atoms with Gasteiger partial charge < -0.3 is 14.8 Å². The van der Waals surface area contributed by atoms with E-state index in [9.17, 15) is 9.59 Å². The van der Waals surface area contributed by atoms with Crippen LogP contribution in [0.5, 0.6) is 0 Å². The van der Waals surface area contributed by atoms with Crippen molar-refractivity contribution in [1.29, 1.82) is 0 Å². The largest absolute Gasteiger partial charge is 0.478 e. The van der Waals surface area contributed by atoms with E-state index >= 15 is 0 Å². The second kappa shape index (κ2) is 6.28. The normalized spacial score (nSPS) is 14.8. The fourth-order valence-electron chi connectivity index (χ4n) is 2.94. The fraction of sp³-hybridized carbons (Fsp3) is 0.333. The lowest BCUT2D eigenvalue weighted by Gasteiger charge is -2.19. The molecule has 1 amide bonds. The molecule has 2 N–H and O–H groups in total. The van der Waals surface area contributed by atoms with E-state index < -0.39 is 11.9 Å². The van der Waals surface area contributed by atoms with Gasteiger partial charge in [-0.2, -0.15) is 0 Å². The monoisotopic (exact) mass is 313 g/mol. The molecule has 3 rings (SSSR count). The standard InChI is InChI=1S/C18H19NO4/c1-11(13-7-6-12-4-2-3-5-14(12)8-13)19-17(20)16-9-15(10-23-16)18(21)22/h6-11H,2-5H2,1H3,(H,19,20)(H,21,22). The van der Waals surface area contributed by atoms with Gasteiger partial charge >= 0.3 is 5.97 Å². The van der Waals surface area contributed by atoms with Gasteiger partial charge in [0.05, 0.1) is 11.6 Å². The number of carbonyl (C=O) groups excluding carboxylic acids is 1. The van der Waals surface area contributed by atoms with Crippen molar-refractivity contribution in [1.82, 2.24) is 5.32 Å². The van der Waals surface area contributed by atoms with E-state index in [-0.39, 0.29) is 17.4 Å². The summed E-state index contributed by atoms with van der Waals surface area (Å²) < 4.78 is 5.02. The van der Waals surface area contributed by atoms with E-state index in [1.54, 1.807) is 0 Å². The number of carbonyl (C=O) groups is 2. The number of rotatable bonds is 4. The molecule has 1 aromatic carbocycles. The van der Waals surface area contributed by atoms with Crippen LogP contribution >= 0.6 is 0 Å². The molecule has 23 heavy (non-hydrogen) atoms. The molecule has 0 spiro atoms. The van der Waals surface area contributed by atoms with Gasteiger partial charge in [0.25, 0.3) is 5.91 Å². The highest BCUT2D eigenvalue weighted by molar-refractivity contribution is 5.95. The number of amides is 1. The van der Waals surface area contributed by atoms with Crippen LogP contribution in [-0.4, -0.2) is 17.0 Å². The van der Waals surface area contributed by atoms with Crippen molar-refractivity contribution in [3.05, 3.63) is 58.5 Å². The van der Waals surface area contributed by atoms with E-state index in [0.717, 1.165) is 24.7 Å². The van der Waals surface area contributed by atoms with Gasteiger partial charge in [0.2, 0.25) is 0 Å². The summed E-state index contributed by atoms with van der Waals surface area (Å²) in [7, 11) is 0. The topological polar surface area (TPSA) is 79.5 Å². The number of furan rings is 1. The van der Waals surface area contributed by atoms with Gasteiger partial charge in [0.15, 0.2) is 5.76 Å². The third-order valence-electron chi connectivity index (χ3n) is 4.29. The first-order valence-corrected chi connectivity index (χ1v) is 7.79. The summed E-state index contributed by atoms with van der Waals surface area (Å²) in [6.45, 7) is 1.91. The molecular weight excluding hydrogens is 294 g/mol. The number of benzene rings is 1. The zero-order valence-corrected chi connectivity index (χ0v) is 13.0. The maximum atomic E-state index is 12.2. The molecule has 0 bridgehead atoms. The summed E-state index contributed by atoms with van der Waals surface area (Å²) >= 11 is 0. The van der Waals surface area contributed by atoms with Gasteiger partial charge in [-0.15, -0.1) is 0 Å². The third kappa shape index (κ3) is 3.28. The number of hydrogen-bond donors (Lipinski definition) is 2. The molecular formula is C18H19NO4. The van der Waals surface area contributed by atoms with E-state index in [4.69, 9.17) is 9.52 Å². The Bertz CT molecular complexity index is 747. The van der Waals surface area contributed by atoms with Crippen LogP contribution in [-0.2, 0) is 12.8 Å². The Labute approximate surface area is 134 Å². The smallest absolute Gasteiger partial charge is 0.338 e. The number of carboxylic acids is 1. The maximum Gasteiger partial charge on any atom is 0.338 e. The predicted octanol–water partition coefficient (Wildman–Crippen LogP) is 3.35. The molecule has 1 atom stereocenters. The maximum absolute atomic E-state index is 12.2. The summed E-state index contributed by atoms with van der Waals surface area (Å²) in [4.78, 5) is 23.0. The lowest BCUT2D eigenvalue weighted by atomic mass is 9.89. The lowest BCUT2D eigenvalue weighted by Crippen LogP contribution is -2.26. The highest BCUT2D eigenvalue weighted by Gasteiger charge is 2.18. The zero-order valence-electron chi connectivity index (χ0n) is 13.0. The molecule has 0 fully saturated rings. The third-order valence-corrected chi connectivity index (χ3v) is 4.29. The Morgan fingerprint density at radius 1 is 1.17 bits per heavy atom. The summed E-state index contributed by atoms with van der Waals surface area (Å²) in [5.41, 5.74) is 3.78. The number of aromatic carboxylic acids is 1. The average Bonchev–Trinajstić information content (AvgIpc) is 3.04. The summed E-state index contributed by atoms with van der Waals surface area (Å²) in [5, 5.41) is 11.7. The molecule has 1 heterocycles. The molecule has 2 aromatic rings. The van der Waals surface area contributed by atoms with E-state index in [0.29, 0.717) is 0 Å². The van der Waals surface area contributed by atoms with Crippen LogP contribution in [0.15, 0.2) is 34.9 Å². The molecule has 5 nitrogen and oxygen atoms in total. The first-order chi connectivity index (χ1) is 11.0. The fourth-order valence-corrected chi connectivity index (χ4v) is 2.94. The number of hydrogen-bond acceptors (Lipinski definition) is 3.